The number of ether oxygens (including phenoxy) is 1. The van der Waals surface area contributed by atoms with Crippen LogP contribution in [-0.2, 0) is 4.74 Å². The molecule has 4 heteroatoms. The smallest absolute Gasteiger partial charge is 0.142 e. The first-order valence-corrected chi connectivity index (χ1v) is 5.76. The Balaban J connectivity index is 2.67. The summed E-state index contributed by atoms with van der Waals surface area (Å²) in [7, 11) is 1.83. The van der Waals surface area contributed by atoms with Gasteiger partial charge in [0.2, 0.25) is 0 Å². The fourth-order valence-corrected chi connectivity index (χ4v) is 1.54. The maximum Gasteiger partial charge on any atom is 0.142 e. The van der Waals surface area contributed by atoms with Crippen LogP contribution in [0.25, 0.3) is 0 Å². The van der Waals surface area contributed by atoms with Crippen molar-refractivity contribution in [3.05, 3.63) is 34.6 Å². The van der Waals surface area contributed by atoms with Crippen LogP contribution < -0.4 is 5.32 Å². The van der Waals surface area contributed by atoms with Crippen LogP contribution in [0.2, 0.25) is 5.02 Å². The average Bonchev–Trinajstić information content (AvgIpc) is 2.29. The van der Waals surface area contributed by atoms with Crippen molar-refractivity contribution in [2.24, 2.45) is 0 Å². The predicted molar refractivity (Wildman–Crippen MR) is 64.3 cm³/mol. The van der Waals surface area contributed by atoms with Gasteiger partial charge < -0.3 is 10.1 Å². The van der Waals surface area contributed by atoms with E-state index in [1.165, 1.54) is 6.07 Å². The summed E-state index contributed by atoms with van der Waals surface area (Å²) in [5.41, 5.74) is 0.848. The summed E-state index contributed by atoms with van der Waals surface area (Å²) in [5.74, 6) is -0.394. The van der Waals surface area contributed by atoms with Crippen LogP contribution in [0.4, 0.5) is 4.39 Å². The van der Waals surface area contributed by atoms with Crippen molar-refractivity contribution in [2.75, 3.05) is 20.3 Å². The second kappa shape index (κ2) is 6.84. The van der Waals surface area contributed by atoms with Crippen molar-refractivity contribution in [1.29, 1.82) is 0 Å². The quantitative estimate of drug-likeness (QED) is 0.778. The number of halogens is 2. The summed E-state index contributed by atoms with van der Waals surface area (Å²) in [6.45, 7) is 3.30. The van der Waals surface area contributed by atoms with E-state index in [4.69, 9.17) is 16.3 Å². The Kier molecular flexibility index (Phi) is 5.74. The number of hydrogen-bond donors (Lipinski definition) is 1. The lowest BCUT2D eigenvalue weighted by Gasteiger charge is -2.17. The maximum atomic E-state index is 13.3. The second-order valence-electron chi connectivity index (χ2n) is 3.59. The van der Waals surface area contributed by atoms with Crippen molar-refractivity contribution in [2.45, 2.75) is 19.4 Å². The Labute approximate surface area is 101 Å². The van der Waals surface area contributed by atoms with Crippen LogP contribution in [0, 0.1) is 5.82 Å². The van der Waals surface area contributed by atoms with Crippen molar-refractivity contribution >= 4 is 11.6 Å². The van der Waals surface area contributed by atoms with Crippen molar-refractivity contribution in [1.82, 2.24) is 5.32 Å². The number of nitrogens with one attached hydrogen (secondary N) is 1. The first-order valence-electron chi connectivity index (χ1n) is 5.39. The topological polar surface area (TPSA) is 21.3 Å². The Hall–Kier alpha value is -0.640. The van der Waals surface area contributed by atoms with Crippen molar-refractivity contribution < 1.29 is 9.13 Å². The van der Waals surface area contributed by atoms with Gasteiger partial charge in [-0.1, -0.05) is 24.6 Å². The van der Waals surface area contributed by atoms with Gasteiger partial charge in [-0.25, -0.2) is 4.39 Å². The normalized spacial score (nSPS) is 12.8. The Morgan fingerprint density at radius 2 is 2.25 bits per heavy atom. The minimum Gasteiger partial charge on any atom is -0.379 e. The molecule has 0 amide bonds. The van der Waals surface area contributed by atoms with Gasteiger partial charge in [0.25, 0.3) is 0 Å². The van der Waals surface area contributed by atoms with E-state index in [9.17, 15) is 4.39 Å². The predicted octanol–water partition coefficient (Wildman–Crippen LogP) is 3.17. The monoisotopic (exact) mass is 245 g/mol. The standard InChI is InChI=1S/C12H17ClFNO/c1-3-6-16-8-12(15-2)9-4-5-10(13)11(14)7-9/h4-5,7,12,15H,3,6,8H2,1-2H3. The van der Waals surface area contributed by atoms with Gasteiger partial charge in [-0.3, -0.25) is 0 Å². The van der Waals surface area contributed by atoms with E-state index in [0.29, 0.717) is 13.2 Å². The fraction of sp³-hybridized carbons (Fsp3) is 0.500. The van der Waals surface area contributed by atoms with E-state index >= 15 is 0 Å². The first kappa shape index (κ1) is 13.4. The van der Waals surface area contributed by atoms with Crippen molar-refractivity contribution in [3.8, 4) is 0 Å². The zero-order chi connectivity index (χ0) is 12.0. The van der Waals surface area contributed by atoms with E-state index in [1.54, 1.807) is 6.07 Å². The molecule has 0 aliphatic rings. The zero-order valence-corrected chi connectivity index (χ0v) is 10.4. The molecule has 1 aromatic carbocycles. The molecule has 0 aromatic heterocycles. The van der Waals surface area contributed by atoms with Gasteiger partial charge in [0, 0.05) is 6.61 Å². The highest BCUT2D eigenvalue weighted by molar-refractivity contribution is 6.30. The van der Waals surface area contributed by atoms with Gasteiger partial charge >= 0.3 is 0 Å². The highest BCUT2D eigenvalue weighted by Crippen LogP contribution is 2.20. The third kappa shape index (κ3) is 3.74. The van der Waals surface area contributed by atoms with Crippen LogP contribution in [-0.4, -0.2) is 20.3 Å². The summed E-state index contributed by atoms with van der Waals surface area (Å²) in [5, 5.41) is 3.24. The Bertz CT molecular complexity index is 333. The second-order valence-corrected chi connectivity index (χ2v) is 4.00. The molecule has 0 spiro atoms. The summed E-state index contributed by atoms with van der Waals surface area (Å²) >= 11 is 5.63. The zero-order valence-electron chi connectivity index (χ0n) is 9.59. The number of benzene rings is 1. The molecule has 90 valence electrons. The average molecular weight is 246 g/mol. The van der Waals surface area contributed by atoms with Crippen molar-refractivity contribution in [3.63, 3.8) is 0 Å². The molecule has 0 aliphatic heterocycles. The molecule has 1 atom stereocenters. The van der Waals surface area contributed by atoms with Crippen LogP contribution in [0.15, 0.2) is 18.2 Å². The molecule has 1 aromatic rings. The lowest BCUT2D eigenvalue weighted by molar-refractivity contribution is 0.114. The van der Waals surface area contributed by atoms with E-state index in [2.05, 4.69) is 12.2 Å². The summed E-state index contributed by atoms with van der Waals surface area (Å²) < 4.78 is 18.7. The fourth-order valence-electron chi connectivity index (χ4n) is 1.42. The Morgan fingerprint density at radius 1 is 1.50 bits per heavy atom. The van der Waals surface area contributed by atoms with Gasteiger partial charge in [0.15, 0.2) is 0 Å². The van der Waals surface area contributed by atoms with Crippen LogP contribution in [0.5, 0.6) is 0 Å². The lowest BCUT2D eigenvalue weighted by atomic mass is 10.1. The third-order valence-electron chi connectivity index (χ3n) is 2.33. The van der Waals surface area contributed by atoms with Gasteiger partial charge in [0.1, 0.15) is 5.82 Å². The van der Waals surface area contributed by atoms with Gasteiger partial charge in [0.05, 0.1) is 17.7 Å². The van der Waals surface area contributed by atoms with Crippen LogP contribution >= 0.6 is 11.6 Å². The third-order valence-corrected chi connectivity index (χ3v) is 2.63. The summed E-state index contributed by atoms with van der Waals surface area (Å²) in [4.78, 5) is 0. The SMILES string of the molecule is CCCOCC(NC)c1ccc(Cl)c(F)c1. The summed E-state index contributed by atoms with van der Waals surface area (Å²) in [6, 6.07) is 4.81. The number of hydrogen-bond acceptors (Lipinski definition) is 2. The highest BCUT2D eigenvalue weighted by Gasteiger charge is 2.11. The summed E-state index contributed by atoms with van der Waals surface area (Å²) in [6.07, 6.45) is 0.978. The molecule has 1 rings (SSSR count). The van der Waals surface area contributed by atoms with Crippen LogP contribution in [0.3, 0.4) is 0 Å². The van der Waals surface area contributed by atoms with E-state index in [0.717, 1.165) is 12.0 Å². The van der Waals surface area contributed by atoms with E-state index < -0.39 is 5.82 Å². The van der Waals surface area contributed by atoms with Gasteiger partial charge in [-0.2, -0.15) is 0 Å². The molecule has 0 saturated heterocycles. The largest absolute Gasteiger partial charge is 0.379 e. The lowest BCUT2D eigenvalue weighted by Crippen LogP contribution is -2.22. The molecule has 2 nitrogen and oxygen atoms in total. The van der Waals surface area contributed by atoms with Gasteiger partial charge in [-0.05, 0) is 31.2 Å². The molecule has 0 radical (unpaired) electrons. The minimum atomic E-state index is -0.394. The first-order chi connectivity index (χ1) is 7.69. The van der Waals surface area contributed by atoms with E-state index in [-0.39, 0.29) is 11.1 Å². The Morgan fingerprint density at radius 3 is 2.81 bits per heavy atom. The molecule has 16 heavy (non-hydrogen) atoms. The minimum absolute atomic E-state index is 0.00156. The van der Waals surface area contributed by atoms with Gasteiger partial charge in [-0.15, -0.1) is 0 Å². The molecule has 1 N–H and O–H groups in total. The molecule has 0 aliphatic carbocycles. The molecule has 0 bridgehead atoms. The molecular formula is C12H17ClFNO. The molecular weight excluding hydrogens is 229 g/mol. The molecule has 0 heterocycles. The number of likely N-dealkylation sites (N-methyl/N-ethyl adjacent to an activating group) is 1. The molecule has 1 unspecified atom stereocenters. The molecule has 0 fully saturated rings. The molecule has 0 saturated carbocycles. The maximum absolute atomic E-state index is 13.3. The van der Waals surface area contributed by atoms with E-state index in [1.807, 2.05) is 13.1 Å². The van der Waals surface area contributed by atoms with Crippen LogP contribution in [0.1, 0.15) is 24.9 Å². The number of rotatable bonds is 6. The highest BCUT2D eigenvalue weighted by atomic mass is 35.5.